The summed E-state index contributed by atoms with van der Waals surface area (Å²) in [6.07, 6.45) is 3.62. The van der Waals surface area contributed by atoms with E-state index in [1.54, 1.807) is 7.11 Å². The number of methoxy groups -OCH3 is 1. The summed E-state index contributed by atoms with van der Waals surface area (Å²) in [6.45, 7) is 4.78. The molecule has 2 saturated heterocycles. The van der Waals surface area contributed by atoms with E-state index in [0.29, 0.717) is 26.4 Å². The largest absolute Gasteiger partial charge is 0.383 e. The highest BCUT2D eigenvalue weighted by atomic mass is 16.5. The van der Waals surface area contributed by atoms with E-state index in [0.717, 1.165) is 19.6 Å². The van der Waals surface area contributed by atoms with Crippen molar-refractivity contribution >= 4 is 5.91 Å². The molecule has 0 radical (unpaired) electrons. The number of hydrogen-bond acceptors (Lipinski definition) is 5. The molecular weight excluding hydrogens is 282 g/mol. The third-order valence-electron chi connectivity index (χ3n) is 4.64. The summed E-state index contributed by atoms with van der Waals surface area (Å²) >= 11 is 0. The normalized spacial score (nSPS) is 27.8. The lowest BCUT2D eigenvalue weighted by Crippen LogP contribution is -2.47. The number of nitrogens with one attached hydrogen (secondary N) is 1. The third-order valence-corrected chi connectivity index (χ3v) is 4.64. The maximum absolute atomic E-state index is 12.6. The summed E-state index contributed by atoms with van der Waals surface area (Å²) in [5.74, 6) is 0.376. The Balaban J connectivity index is 1.64. The predicted molar refractivity (Wildman–Crippen MR) is 81.1 cm³/mol. The van der Waals surface area contributed by atoms with Crippen molar-refractivity contribution in [2.24, 2.45) is 11.3 Å². The van der Waals surface area contributed by atoms with Crippen LogP contribution in [-0.4, -0.2) is 62.4 Å². The Morgan fingerprint density at radius 2 is 2.36 bits per heavy atom. The second kappa shape index (κ2) is 6.73. The SMILES string of the molecule is COCCNC(=O)[C@]12COC[C@H]1CN(Cc1ccncc1)C2. The molecule has 6 heteroatoms. The summed E-state index contributed by atoms with van der Waals surface area (Å²) in [7, 11) is 1.64. The quantitative estimate of drug-likeness (QED) is 0.766. The van der Waals surface area contributed by atoms with Crippen molar-refractivity contribution in [3.63, 3.8) is 0 Å². The van der Waals surface area contributed by atoms with Crippen LogP contribution in [0.15, 0.2) is 24.5 Å². The average molecular weight is 305 g/mol. The van der Waals surface area contributed by atoms with Crippen molar-refractivity contribution < 1.29 is 14.3 Å². The van der Waals surface area contributed by atoms with Crippen molar-refractivity contribution in [3.8, 4) is 0 Å². The van der Waals surface area contributed by atoms with Gasteiger partial charge in [-0.2, -0.15) is 0 Å². The number of amides is 1. The number of carbonyl (C=O) groups is 1. The van der Waals surface area contributed by atoms with E-state index in [1.807, 2.05) is 24.5 Å². The average Bonchev–Trinajstić information content (AvgIpc) is 3.06. The van der Waals surface area contributed by atoms with E-state index < -0.39 is 5.41 Å². The number of nitrogens with zero attached hydrogens (tertiary/aromatic N) is 2. The minimum absolute atomic E-state index is 0.101. The summed E-state index contributed by atoms with van der Waals surface area (Å²) in [6, 6.07) is 4.05. The van der Waals surface area contributed by atoms with Gasteiger partial charge in [-0.3, -0.25) is 14.7 Å². The molecule has 2 atom stereocenters. The molecule has 2 aliphatic rings. The van der Waals surface area contributed by atoms with E-state index in [9.17, 15) is 4.79 Å². The molecule has 1 N–H and O–H groups in total. The summed E-state index contributed by atoms with van der Waals surface area (Å²) in [5, 5.41) is 2.99. The first kappa shape index (κ1) is 15.4. The zero-order chi connectivity index (χ0) is 15.4. The maximum atomic E-state index is 12.6. The van der Waals surface area contributed by atoms with E-state index in [-0.39, 0.29) is 11.8 Å². The molecule has 3 heterocycles. The van der Waals surface area contributed by atoms with Crippen molar-refractivity contribution in [2.45, 2.75) is 6.54 Å². The van der Waals surface area contributed by atoms with Gasteiger partial charge in [0, 0.05) is 51.6 Å². The van der Waals surface area contributed by atoms with Crippen LogP contribution in [-0.2, 0) is 20.8 Å². The zero-order valence-electron chi connectivity index (χ0n) is 13.0. The second-order valence-electron chi connectivity index (χ2n) is 6.14. The van der Waals surface area contributed by atoms with Crippen LogP contribution in [0.3, 0.4) is 0 Å². The number of aromatic nitrogens is 1. The fourth-order valence-corrected chi connectivity index (χ4v) is 3.47. The Morgan fingerprint density at radius 1 is 1.55 bits per heavy atom. The van der Waals surface area contributed by atoms with Gasteiger partial charge in [-0.1, -0.05) is 0 Å². The Hall–Kier alpha value is -1.50. The van der Waals surface area contributed by atoms with E-state index >= 15 is 0 Å². The van der Waals surface area contributed by atoms with Crippen LogP contribution in [0.2, 0.25) is 0 Å². The Bertz CT molecular complexity index is 511. The van der Waals surface area contributed by atoms with Gasteiger partial charge in [0.05, 0.1) is 25.2 Å². The molecule has 0 bridgehead atoms. The first-order chi connectivity index (χ1) is 10.7. The van der Waals surface area contributed by atoms with Gasteiger partial charge >= 0.3 is 0 Å². The molecule has 0 aliphatic carbocycles. The van der Waals surface area contributed by atoms with Crippen LogP contribution in [0.25, 0.3) is 0 Å². The first-order valence-electron chi connectivity index (χ1n) is 7.71. The van der Waals surface area contributed by atoms with Gasteiger partial charge in [-0.05, 0) is 17.7 Å². The molecule has 120 valence electrons. The van der Waals surface area contributed by atoms with Crippen LogP contribution in [0.5, 0.6) is 0 Å². The highest BCUT2D eigenvalue weighted by Crippen LogP contribution is 2.41. The third kappa shape index (κ3) is 2.99. The van der Waals surface area contributed by atoms with Gasteiger partial charge in [0.25, 0.3) is 0 Å². The van der Waals surface area contributed by atoms with E-state index in [4.69, 9.17) is 9.47 Å². The van der Waals surface area contributed by atoms with Crippen LogP contribution >= 0.6 is 0 Å². The molecule has 2 fully saturated rings. The lowest BCUT2D eigenvalue weighted by atomic mass is 9.80. The number of pyridine rings is 1. The molecule has 0 saturated carbocycles. The molecule has 0 spiro atoms. The molecule has 1 aromatic rings. The number of fused-ring (bicyclic) bond motifs is 1. The van der Waals surface area contributed by atoms with Crippen molar-refractivity contribution in [1.29, 1.82) is 0 Å². The summed E-state index contributed by atoms with van der Waals surface area (Å²) in [5.41, 5.74) is 0.826. The van der Waals surface area contributed by atoms with Gasteiger partial charge in [0.2, 0.25) is 5.91 Å². The van der Waals surface area contributed by atoms with Crippen molar-refractivity contribution in [1.82, 2.24) is 15.2 Å². The van der Waals surface area contributed by atoms with Gasteiger partial charge in [0.1, 0.15) is 0 Å². The minimum atomic E-state index is -0.402. The fraction of sp³-hybridized carbons (Fsp3) is 0.625. The number of rotatable bonds is 6. The molecule has 1 aromatic heterocycles. The standard InChI is InChI=1S/C16H23N3O3/c1-21-7-6-18-15(20)16-11-19(9-14(16)10-22-12-16)8-13-2-4-17-5-3-13/h2-5,14H,6-12H2,1H3,(H,18,20)/t14-,16-/m1/s1. The van der Waals surface area contributed by atoms with E-state index in [1.165, 1.54) is 5.56 Å². The Kier molecular flexibility index (Phi) is 4.71. The van der Waals surface area contributed by atoms with Crippen molar-refractivity contribution in [2.75, 3.05) is 46.6 Å². The molecule has 6 nitrogen and oxygen atoms in total. The maximum Gasteiger partial charge on any atom is 0.230 e. The van der Waals surface area contributed by atoms with Crippen LogP contribution in [0.4, 0.5) is 0 Å². The lowest BCUT2D eigenvalue weighted by molar-refractivity contribution is -0.131. The second-order valence-corrected chi connectivity index (χ2v) is 6.14. The van der Waals surface area contributed by atoms with Gasteiger partial charge in [-0.15, -0.1) is 0 Å². The fourth-order valence-electron chi connectivity index (χ4n) is 3.47. The highest BCUT2D eigenvalue weighted by molar-refractivity contribution is 5.84. The molecule has 1 amide bonds. The molecule has 0 aromatic carbocycles. The summed E-state index contributed by atoms with van der Waals surface area (Å²) < 4.78 is 10.6. The van der Waals surface area contributed by atoms with Crippen molar-refractivity contribution in [3.05, 3.63) is 30.1 Å². The number of likely N-dealkylation sites (tertiary alicyclic amines) is 1. The van der Waals surface area contributed by atoms with Crippen LogP contribution in [0.1, 0.15) is 5.56 Å². The smallest absolute Gasteiger partial charge is 0.230 e. The van der Waals surface area contributed by atoms with Crippen LogP contribution < -0.4 is 5.32 Å². The molecule has 22 heavy (non-hydrogen) atoms. The van der Waals surface area contributed by atoms with Gasteiger partial charge in [0.15, 0.2) is 0 Å². The van der Waals surface area contributed by atoms with Gasteiger partial charge in [-0.25, -0.2) is 0 Å². The number of ether oxygens (including phenoxy) is 2. The van der Waals surface area contributed by atoms with E-state index in [2.05, 4.69) is 15.2 Å². The number of carbonyl (C=O) groups excluding carboxylic acids is 1. The molecule has 2 aliphatic heterocycles. The minimum Gasteiger partial charge on any atom is -0.383 e. The Labute approximate surface area is 130 Å². The molecule has 0 unspecified atom stereocenters. The van der Waals surface area contributed by atoms with Gasteiger partial charge < -0.3 is 14.8 Å². The Morgan fingerprint density at radius 3 is 3.14 bits per heavy atom. The van der Waals surface area contributed by atoms with Crippen LogP contribution in [0, 0.1) is 11.3 Å². The molecule has 3 rings (SSSR count). The monoisotopic (exact) mass is 305 g/mol. The lowest BCUT2D eigenvalue weighted by Gasteiger charge is -2.26. The number of hydrogen-bond donors (Lipinski definition) is 1. The first-order valence-corrected chi connectivity index (χ1v) is 7.71. The predicted octanol–water partition coefficient (Wildman–Crippen LogP) is 0.293. The molecular formula is C16H23N3O3. The topological polar surface area (TPSA) is 63.7 Å². The zero-order valence-corrected chi connectivity index (χ0v) is 13.0. The summed E-state index contributed by atoms with van der Waals surface area (Å²) in [4.78, 5) is 19.0. The highest BCUT2D eigenvalue weighted by Gasteiger charge is 2.55.